The van der Waals surface area contributed by atoms with Gasteiger partial charge in [-0.15, -0.1) is 11.8 Å². The number of fused-ring (bicyclic) bond motifs is 9. The zero-order valence-corrected chi connectivity index (χ0v) is 36.8. The Balaban J connectivity index is 1.01. The van der Waals surface area contributed by atoms with Crippen molar-refractivity contribution < 1.29 is 0 Å². The molecule has 10 aromatic rings. The summed E-state index contributed by atoms with van der Waals surface area (Å²) >= 11 is 2.01. The van der Waals surface area contributed by atoms with Crippen molar-refractivity contribution in [2.24, 2.45) is 0 Å². The molecule has 65 heavy (non-hydrogen) atoms. The van der Waals surface area contributed by atoms with Gasteiger partial charge in [0.15, 0.2) is 0 Å². The van der Waals surface area contributed by atoms with Gasteiger partial charge in [0, 0.05) is 56.0 Å². The summed E-state index contributed by atoms with van der Waals surface area (Å²) in [6.45, 7) is 5.70. The summed E-state index contributed by atoms with van der Waals surface area (Å²) in [6.07, 6.45) is 5.89. The average Bonchev–Trinajstić information content (AvgIpc) is 3.73. The van der Waals surface area contributed by atoms with E-state index in [0.717, 1.165) is 24.3 Å². The quantitative estimate of drug-likeness (QED) is 0.154. The fourth-order valence-corrected chi connectivity index (χ4v) is 11.8. The van der Waals surface area contributed by atoms with Gasteiger partial charge in [0.2, 0.25) is 0 Å². The lowest BCUT2D eigenvalue weighted by molar-refractivity contribution is 0.738. The normalized spacial score (nSPS) is 16.2. The molecule has 1 aromatic heterocycles. The Bertz CT molecular complexity index is 3310. The molecule has 0 fully saturated rings. The van der Waals surface area contributed by atoms with Crippen LogP contribution in [0.2, 0.25) is 0 Å². The molecule has 2 nitrogen and oxygen atoms in total. The molecule has 0 radical (unpaired) electrons. The van der Waals surface area contributed by atoms with Crippen LogP contribution in [0.4, 0.5) is 11.4 Å². The Hall–Kier alpha value is -7.59. The maximum Gasteiger partial charge on any atom is 0.0552 e. The van der Waals surface area contributed by atoms with Crippen LogP contribution in [0.3, 0.4) is 0 Å². The van der Waals surface area contributed by atoms with Crippen molar-refractivity contribution in [3.05, 3.63) is 248 Å². The summed E-state index contributed by atoms with van der Waals surface area (Å²) in [7, 11) is 0. The summed E-state index contributed by atoms with van der Waals surface area (Å²) in [5.74, 6) is 0.230. The maximum absolute atomic E-state index is 4.98. The highest BCUT2D eigenvalue weighted by molar-refractivity contribution is 8.00. The van der Waals surface area contributed by atoms with E-state index in [-0.39, 0.29) is 11.2 Å². The van der Waals surface area contributed by atoms with Gasteiger partial charge in [-0.25, -0.2) is 0 Å². The predicted octanol–water partition coefficient (Wildman–Crippen LogP) is 16.8. The van der Waals surface area contributed by atoms with Crippen LogP contribution in [0.1, 0.15) is 23.5 Å². The molecule has 3 heterocycles. The molecule has 2 aliphatic rings. The molecule has 0 aliphatic carbocycles. The number of benzene rings is 9. The van der Waals surface area contributed by atoms with Crippen LogP contribution in [0.25, 0.3) is 77.6 Å². The van der Waals surface area contributed by atoms with Gasteiger partial charge in [0.1, 0.15) is 0 Å². The van der Waals surface area contributed by atoms with Crippen molar-refractivity contribution in [3.63, 3.8) is 0 Å². The highest BCUT2D eigenvalue weighted by Gasteiger charge is 2.33. The predicted molar refractivity (Wildman–Crippen MR) is 278 cm³/mol. The van der Waals surface area contributed by atoms with Gasteiger partial charge in [-0.2, -0.15) is 0 Å². The number of hydrogen-bond donors (Lipinski definition) is 0. The molecule has 9 aromatic carbocycles. The van der Waals surface area contributed by atoms with E-state index in [1.165, 1.54) is 93.6 Å². The first kappa shape index (κ1) is 39.0. The number of hydrogen-bond acceptors (Lipinski definition) is 2. The van der Waals surface area contributed by atoms with Crippen LogP contribution < -0.4 is 4.90 Å². The van der Waals surface area contributed by atoms with Gasteiger partial charge >= 0.3 is 0 Å². The van der Waals surface area contributed by atoms with Crippen LogP contribution in [0.15, 0.2) is 242 Å². The molecule has 2 atom stereocenters. The van der Waals surface area contributed by atoms with Crippen molar-refractivity contribution in [1.82, 2.24) is 4.57 Å². The summed E-state index contributed by atoms with van der Waals surface area (Å²) in [4.78, 5) is 3.86. The first-order chi connectivity index (χ1) is 32.1. The van der Waals surface area contributed by atoms with Crippen LogP contribution in [0.5, 0.6) is 0 Å². The topological polar surface area (TPSA) is 8.17 Å². The van der Waals surface area contributed by atoms with E-state index >= 15 is 0 Å². The van der Waals surface area contributed by atoms with Crippen LogP contribution in [0, 0.1) is 0 Å². The SMILES string of the molecule is C=C1c2ccccc2N(c2cc(-c3ccccc3)cc(-c3ccccc3)c2)C/C=C\C2CC1Sc1c2ccc2c1c1ccccc1n2-c1cc(-c2ccccc2)cc(-c2ccccc2)c1. The standard InChI is InChI=1S/C62H46N2S/c1-42-54-28-14-16-30-57(54)63(52-37-48(43-19-6-2-7-20-43)35-49(38-52)44-21-8-3-9-22-44)34-18-27-47-41-60(42)65-62-55(47)32-33-59-61(62)56-29-15-17-31-58(56)64(59)53-39-50(45-23-10-4-11-24-45)36-51(40-53)46-25-12-5-13-26-46/h2-33,35-40,47,60H,1,34,41H2/b27-18-. The van der Waals surface area contributed by atoms with Gasteiger partial charge in [-0.1, -0.05) is 183 Å². The Morgan fingerprint density at radius 1 is 0.462 bits per heavy atom. The zero-order chi connectivity index (χ0) is 43.3. The Morgan fingerprint density at radius 2 is 0.969 bits per heavy atom. The van der Waals surface area contributed by atoms with E-state index in [0.29, 0.717) is 0 Å². The first-order valence-corrected chi connectivity index (χ1v) is 23.5. The fourth-order valence-electron chi connectivity index (χ4n) is 10.2. The second kappa shape index (κ2) is 16.5. The number of aromatic nitrogens is 1. The molecule has 0 spiro atoms. The molecule has 0 N–H and O–H groups in total. The molecule has 0 amide bonds. The van der Waals surface area contributed by atoms with Crippen molar-refractivity contribution in [1.29, 1.82) is 0 Å². The van der Waals surface area contributed by atoms with Crippen molar-refractivity contribution in [2.45, 2.75) is 22.5 Å². The monoisotopic (exact) mass is 850 g/mol. The van der Waals surface area contributed by atoms with Crippen LogP contribution >= 0.6 is 11.8 Å². The summed E-state index contributed by atoms with van der Waals surface area (Å²) < 4.78 is 2.50. The largest absolute Gasteiger partial charge is 0.337 e. The molecule has 12 rings (SSSR count). The van der Waals surface area contributed by atoms with Gasteiger partial charge in [0.25, 0.3) is 0 Å². The average molecular weight is 851 g/mol. The van der Waals surface area contributed by atoms with E-state index in [2.05, 4.69) is 240 Å². The third-order valence-electron chi connectivity index (χ3n) is 13.4. The van der Waals surface area contributed by atoms with Gasteiger partial charge in [0.05, 0.1) is 11.0 Å². The molecule has 2 unspecified atom stereocenters. The molecule has 2 bridgehead atoms. The number of rotatable bonds is 6. The van der Waals surface area contributed by atoms with Gasteiger partial charge in [-0.05, 0) is 117 Å². The fraction of sp³-hybridized carbons (Fsp3) is 0.0645. The van der Waals surface area contributed by atoms with Crippen molar-refractivity contribution in [3.8, 4) is 50.2 Å². The van der Waals surface area contributed by atoms with Gasteiger partial charge in [-0.3, -0.25) is 0 Å². The lowest BCUT2D eigenvalue weighted by Crippen LogP contribution is -2.23. The summed E-state index contributed by atoms with van der Waals surface area (Å²) in [5, 5.41) is 2.77. The number of nitrogens with zero attached hydrogens (tertiary/aromatic N) is 2. The number of anilines is 2. The van der Waals surface area contributed by atoms with Crippen LogP contribution in [-0.4, -0.2) is 16.4 Å². The lowest BCUT2D eigenvalue weighted by atomic mass is 9.87. The number of para-hydroxylation sites is 2. The minimum atomic E-state index is 0.174. The smallest absolute Gasteiger partial charge is 0.0552 e. The molecule has 310 valence electrons. The van der Waals surface area contributed by atoms with E-state index < -0.39 is 0 Å². The highest BCUT2D eigenvalue weighted by atomic mass is 32.2. The Morgan fingerprint density at radius 3 is 1.55 bits per heavy atom. The highest BCUT2D eigenvalue weighted by Crippen LogP contribution is 2.53. The Labute approximate surface area is 385 Å². The third-order valence-corrected chi connectivity index (χ3v) is 14.8. The molecule has 3 heteroatoms. The number of thioether (sulfide) groups is 1. The third kappa shape index (κ3) is 7.10. The second-order valence-electron chi connectivity index (χ2n) is 17.3. The molecular formula is C62H46N2S. The first-order valence-electron chi connectivity index (χ1n) is 22.6. The zero-order valence-electron chi connectivity index (χ0n) is 36.0. The minimum absolute atomic E-state index is 0.174. The minimum Gasteiger partial charge on any atom is -0.337 e. The Kier molecular flexibility index (Phi) is 9.92. The lowest BCUT2D eigenvalue weighted by Gasteiger charge is -2.35. The van der Waals surface area contributed by atoms with E-state index in [4.69, 9.17) is 6.58 Å². The maximum atomic E-state index is 4.98. The van der Waals surface area contributed by atoms with E-state index in [9.17, 15) is 0 Å². The van der Waals surface area contributed by atoms with Gasteiger partial charge < -0.3 is 9.47 Å². The van der Waals surface area contributed by atoms with Crippen molar-refractivity contribution >= 4 is 50.5 Å². The molecule has 2 aliphatic heterocycles. The second-order valence-corrected chi connectivity index (χ2v) is 18.5. The molecular weight excluding hydrogens is 805 g/mol. The summed E-state index contributed by atoms with van der Waals surface area (Å²) in [6, 6.07) is 79.9. The van der Waals surface area contributed by atoms with E-state index in [1.54, 1.807) is 0 Å². The summed E-state index contributed by atoms with van der Waals surface area (Å²) in [5.41, 5.74) is 19.3. The molecule has 0 saturated heterocycles. The molecule has 0 saturated carbocycles. The van der Waals surface area contributed by atoms with Crippen molar-refractivity contribution in [2.75, 3.05) is 11.4 Å². The van der Waals surface area contributed by atoms with E-state index in [1.807, 2.05) is 11.8 Å². The number of allylic oxidation sites excluding steroid dienone is 1. The van der Waals surface area contributed by atoms with Crippen LogP contribution in [-0.2, 0) is 0 Å².